The molecule has 0 radical (unpaired) electrons. The Hall–Kier alpha value is -2.86. The molecule has 1 fully saturated rings. The molecule has 1 aliphatic rings. The highest BCUT2D eigenvalue weighted by Crippen LogP contribution is 2.38. The number of anilines is 1. The third kappa shape index (κ3) is 4.11. The van der Waals surface area contributed by atoms with E-state index >= 15 is 0 Å². The predicted octanol–water partition coefficient (Wildman–Crippen LogP) is 3.61. The molecule has 1 aliphatic carbocycles. The van der Waals surface area contributed by atoms with Crippen molar-refractivity contribution >= 4 is 26.9 Å². The minimum absolute atomic E-state index is 0.0644. The van der Waals surface area contributed by atoms with Crippen molar-refractivity contribution in [1.29, 1.82) is 0 Å². The fourth-order valence-corrected chi connectivity index (χ4v) is 4.94. The zero-order valence-corrected chi connectivity index (χ0v) is 17.9. The molecule has 0 atom stereocenters. The van der Waals surface area contributed by atoms with E-state index in [4.69, 9.17) is 10.5 Å². The van der Waals surface area contributed by atoms with E-state index in [9.17, 15) is 21.6 Å². The molecule has 0 bridgehead atoms. The van der Waals surface area contributed by atoms with Gasteiger partial charge in [-0.3, -0.25) is 0 Å². The van der Waals surface area contributed by atoms with Crippen molar-refractivity contribution < 1.29 is 26.3 Å². The van der Waals surface area contributed by atoms with Gasteiger partial charge in [-0.1, -0.05) is 12.1 Å². The molecular formula is C20H22F3N5O3S. The highest BCUT2D eigenvalue weighted by atomic mass is 32.2. The van der Waals surface area contributed by atoms with E-state index in [0.717, 1.165) is 11.1 Å². The summed E-state index contributed by atoms with van der Waals surface area (Å²) in [6.45, 7) is 0. The monoisotopic (exact) mass is 469 g/mol. The largest absolute Gasteiger partial charge is 0.511 e. The van der Waals surface area contributed by atoms with Crippen molar-refractivity contribution in [2.24, 2.45) is 0 Å². The van der Waals surface area contributed by atoms with Gasteiger partial charge in [-0.2, -0.15) is 13.2 Å². The van der Waals surface area contributed by atoms with Gasteiger partial charge in [-0.25, -0.2) is 23.1 Å². The van der Waals surface area contributed by atoms with Gasteiger partial charge in [-0.05, 0) is 43.4 Å². The number of ether oxygens (including phenoxy) is 1. The van der Waals surface area contributed by atoms with E-state index in [-0.39, 0.29) is 18.9 Å². The molecule has 32 heavy (non-hydrogen) atoms. The number of methoxy groups -OCH3 is 1. The summed E-state index contributed by atoms with van der Waals surface area (Å²) in [5, 5.41) is 0.692. The molecule has 0 saturated heterocycles. The molecule has 1 saturated carbocycles. The van der Waals surface area contributed by atoms with Crippen LogP contribution in [-0.2, 0) is 10.0 Å². The van der Waals surface area contributed by atoms with Crippen LogP contribution in [0.3, 0.4) is 0 Å². The second-order valence-corrected chi connectivity index (χ2v) is 9.41. The normalized spacial score (nSPS) is 19.9. The molecule has 4 rings (SSSR count). The molecule has 2 heterocycles. The molecule has 0 amide bonds. The summed E-state index contributed by atoms with van der Waals surface area (Å²) in [5.41, 5.74) is 3.19. The van der Waals surface area contributed by atoms with Crippen molar-refractivity contribution in [3.8, 4) is 16.9 Å². The van der Waals surface area contributed by atoms with E-state index < -0.39 is 21.6 Å². The van der Waals surface area contributed by atoms with Crippen molar-refractivity contribution in [3.05, 3.63) is 36.8 Å². The van der Waals surface area contributed by atoms with E-state index in [0.29, 0.717) is 35.4 Å². The molecule has 8 nitrogen and oxygen atoms in total. The quantitative estimate of drug-likeness (QED) is 0.590. The summed E-state index contributed by atoms with van der Waals surface area (Å²) in [5.74, 6) is 1.03. The number of halogens is 3. The molecular weight excluding hydrogens is 447 g/mol. The zero-order chi connectivity index (χ0) is 23.1. The molecule has 0 unspecified atom stereocenters. The van der Waals surface area contributed by atoms with Crippen molar-refractivity contribution in [2.75, 3.05) is 12.8 Å². The van der Waals surface area contributed by atoms with Gasteiger partial charge in [0.15, 0.2) is 0 Å². The summed E-state index contributed by atoms with van der Waals surface area (Å²) in [4.78, 5) is 8.50. The maximum Gasteiger partial charge on any atom is 0.511 e. The van der Waals surface area contributed by atoms with E-state index in [1.54, 1.807) is 11.8 Å². The van der Waals surface area contributed by atoms with Crippen LogP contribution in [0.4, 0.5) is 19.0 Å². The van der Waals surface area contributed by atoms with Crippen LogP contribution in [0.1, 0.15) is 31.7 Å². The predicted molar refractivity (Wildman–Crippen MR) is 113 cm³/mol. The van der Waals surface area contributed by atoms with Crippen LogP contribution in [0.2, 0.25) is 0 Å². The first-order valence-electron chi connectivity index (χ1n) is 9.94. The minimum atomic E-state index is -5.36. The van der Waals surface area contributed by atoms with Crippen molar-refractivity contribution in [2.45, 2.75) is 43.3 Å². The highest BCUT2D eigenvalue weighted by molar-refractivity contribution is 7.90. The topological polar surface area (TPSA) is 112 Å². The van der Waals surface area contributed by atoms with Crippen LogP contribution in [0, 0.1) is 0 Å². The van der Waals surface area contributed by atoms with Crippen LogP contribution in [0.15, 0.2) is 36.8 Å². The number of rotatable bonds is 5. The second kappa shape index (κ2) is 8.24. The fraction of sp³-hybridized carbons (Fsp3) is 0.400. The number of hydrogen-bond acceptors (Lipinski definition) is 6. The standard InChI is InChI=1S/C20H22F3N5O3S/c1-31-15-8-2-12(3-9-15)16-10-28(19-17(16)18(24)25-11-26-19)14-6-4-13(5-7-14)27-32(29,30)20(21,22)23/h2-3,8-11,13-14,27H,4-7H2,1H3,(H2,24,25,26). The summed E-state index contributed by atoms with van der Waals surface area (Å²) in [6, 6.07) is 6.62. The first kappa shape index (κ1) is 22.3. The van der Waals surface area contributed by atoms with Gasteiger partial charge in [-0.15, -0.1) is 0 Å². The molecule has 1 aromatic carbocycles. The number of nitrogens with two attached hydrogens (primary N) is 1. The Kier molecular flexibility index (Phi) is 5.76. The Bertz CT molecular complexity index is 1220. The second-order valence-electron chi connectivity index (χ2n) is 7.71. The van der Waals surface area contributed by atoms with E-state index in [1.165, 1.54) is 6.33 Å². The van der Waals surface area contributed by atoms with Gasteiger partial charge in [0.1, 0.15) is 23.5 Å². The van der Waals surface area contributed by atoms with E-state index in [2.05, 4.69) is 9.97 Å². The molecule has 0 aliphatic heterocycles. The van der Waals surface area contributed by atoms with Crippen molar-refractivity contribution in [1.82, 2.24) is 19.3 Å². The van der Waals surface area contributed by atoms with Crippen LogP contribution >= 0.6 is 0 Å². The molecule has 2 aromatic heterocycles. The van der Waals surface area contributed by atoms with Crippen LogP contribution in [0.25, 0.3) is 22.2 Å². The van der Waals surface area contributed by atoms with Gasteiger partial charge in [0.05, 0.1) is 12.5 Å². The Morgan fingerprint density at radius 3 is 2.38 bits per heavy atom. The number of nitrogens with one attached hydrogen (secondary N) is 1. The average Bonchev–Trinajstić information content (AvgIpc) is 3.14. The fourth-order valence-electron chi connectivity index (χ4n) is 4.13. The summed E-state index contributed by atoms with van der Waals surface area (Å²) in [6.07, 6.45) is 4.81. The Morgan fingerprint density at radius 2 is 1.78 bits per heavy atom. The SMILES string of the molecule is COc1ccc(-c2cn(C3CCC(NS(=O)(=O)C(F)(F)F)CC3)c3ncnc(N)c23)cc1. The highest BCUT2D eigenvalue weighted by Gasteiger charge is 2.47. The Morgan fingerprint density at radius 1 is 1.12 bits per heavy atom. The van der Waals surface area contributed by atoms with Gasteiger partial charge >= 0.3 is 15.5 Å². The number of fused-ring (bicyclic) bond motifs is 1. The van der Waals surface area contributed by atoms with E-state index in [1.807, 2.05) is 35.0 Å². The lowest BCUT2D eigenvalue weighted by atomic mass is 9.91. The van der Waals surface area contributed by atoms with Crippen LogP contribution < -0.4 is 15.2 Å². The number of nitrogen functional groups attached to an aromatic ring is 1. The third-order valence-corrected chi connectivity index (χ3v) is 7.01. The number of aromatic nitrogens is 3. The van der Waals surface area contributed by atoms with Crippen LogP contribution in [-0.4, -0.2) is 41.6 Å². The minimum Gasteiger partial charge on any atom is -0.497 e. The molecule has 3 aromatic rings. The molecule has 3 N–H and O–H groups in total. The summed E-state index contributed by atoms with van der Waals surface area (Å²) < 4.78 is 69.8. The number of nitrogens with zero attached hydrogens (tertiary/aromatic N) is 3. The molecule has 0 spiro atoms. The maximum atomic E-state index is 12.7. The Balaban J connectivity index is 1.61. The lowest BCUT2D eigenvalue weighted by Crippen LogP contribution is -2.44. The van der Waals surface area contributed by atoms with Gasteiger partial charge in [0.2, 0.25) is 0 Å². The molecule has 12 heteroatoms. The van der Waals surface area contributed by atoms with Gasteiger partial charge in [0, 0.05) is 23.8 Å². The number of hydrogen-bond donors (Lipinski definition) is 2. The first-order chi connectivity index (χ1) is 15.1. The lowest BCUT2D eigenvalue weighted by Gasteiger charge is -2.30. The van der Waals surface area contributed by atoms with Gasteiger partial charge in [0.25, 0.3) is 0 Å². The number of sulfonamides is 1. The zero-order valence-electron chi connectivity index (χ0n) is 17.1. The third-order valence-electron chi connectivity index (χ3n) is 5.76. The Labute approximate surface area is 182 Å². The number of alkyl halides is 3. The average molecular weight is 469 g/mol. The smallest absolute Gasteiger partial charge is 0.497 e. The first-order valence-corrected chi connectivity index (χ1v) is 11.4. The van der Waals surface area contributed by atoms with Crippen molar-refractivity contribution in [3.63, 3.8) is 0 Å². The summed E-state index contributed by atoms with van der Waals surface area (Å²) in [7, 11) is -3.78. The number of benzene rings is 1. The van der Waals surface area contributed by atoms with Gasteiger partial charge < -0.3 is 15.0 Å². The maximum absolute atomic E-state index is 12.7. The lowest BCUT2D eigenvalue weighted by molar-refractivity contribution is -0.0452. The molecule has 172 valence electrons. The van der Waals surface area contributed by atoms with Crippen LogP contribution in [0.5, 0.6) is 5.75 Å². The summed E-state index contributed by atoms with van der Waals surface area (Å²) >= 11 is 0.